The second kappa shape index (κ2) is 3.02. The summed E-state index contributed by atoms with van der Waals surface area (Å²) in [6.07, 6.45) is 1.89. The number of carbonyl (C=O) groups is 1. The lowest BCUT2D eigenvalue weighted by atomic mass is 9.97. The Balaban J connectivity index is 2.72. The summed E-state index contributed by atoms with van der Waals surface area (Å²) in [6.45, 7) is 1.67. The third kappa shape index (κ3) is 1.23. The molecular weight excluding hydrogens is 162 g/mol. The third-order valence-electron chi connectivity index (χ3n) is 1.86. The van der Waals surface area contributed by atoms with Crippen LogP contribution in [-0.4, -0.2) is 22.9 Å². The van der Waals surface area contributed by atoms with E-state index in [0.717, 1.165) is 0 Å². The number of hydrogen-bond donors (Lipinski definition) is 2. The van der Waals surface area contributed by atoms with Crippen LogP contribution in [0.5, 0.6) is 0 Å². The number of nitrogens with two attached hydrogens (primary N) is 1. The van der Waals surface area contributed by atoms with E-state index in [1.54, 1.807) is 6.92 Å². The average molecular weight is 173 g/mol. The standard InChI is InChI=1S/C7H11NO4/c1-2-7(8,5(9)10)6-11-3-4-12-6/h3-4,6H,2,8H2,1H3,(H,9,10). The number of carboxylic acid groups (broad SMARTS) is 1. The van der Waals surface area contributed by atoms with Gasteiger partial charge in [0.2, 0.25) is 0 Å². The summed E-state index contributed by atoms with van der Waals surface area (Å²) in [6, 6.07) is 0. The zero-order valence-corrected chi connectivity index (χ0v) is 6.69. The van der Waals surface area contributed by atoms with E-state index in [4.69, 9.17) is 20.3 Å². The van der Waals surface area contributed by atoms with Gasteiger partial charge in [-0.15, -0.1) is 0 Å². The first-order chi connectivity index (χ1) is 5.61. The van der Waals surface area contributed by atoms with Gasteiger partial charge in [0.05, 0.1) is 0 Å². The van der Waals surface area contributed by atoms with Gasteiger partial charge in [-0.3, -0.25) is 0 Å². The molecule has 0 amide bonds. The first-order valence-electron chi connectivity index (χ1n) is 3.59. The minimum atomic E-state index is -1.47. The second-order valence-corrected chi connectivity index (χ2v) is 2.58. The van der Waals surface area contributed by atoms with Crippen molar-refractivity contribution >= 4 is 5.97 Å². The van der Waals surface area contributed by atoms with Gasteiger partial charge >= 0.3 is 5.97 Å². The van der Waals surface area contributed by atoms with E-state index >= 15 is 0 Å². The summed E-state index contributed by atoms with van der Waals surface area (Å²) in [4.78, 5) is 10.7. The first-order valence-corrected chi connectivity index (χ1v) is 3.59. The molecule has 0 aliphatic carbocycles. The lowest BCUT2D eigenvalue weighted by Crippen LogP contribution is -2.57. The zero-order valence-electron chi connectivity index (χ0n) is 6.69. The van der Waals surface area contributed by atoms with Crippen molar-refractivity contribution in [3.63, 3.8) is 0 Å². The molecule has 0 saturated heterocycles. The molecule has 0 aromatic rings. The maximum atomic E-state index is 10.7. The summed E-state index contributed by atoms with van der Waals surface area (Å²) in [5.74, 6) is -1.13. The molecule has 1 aliphatic rings. The van der Waals surface area contributed by atoms with E-state index in [-0.39, 0.29) is 6.42 Å². The van der Waals surface area contributed by atoms with E-state index in [1.807, 2.05) is 0 Å². The molecule has 5 nitrogen and oxygen atoms in total. The van der Waals surface area contributed by atoms with Crippen molar-refractivity contribution in [3.05, 3.63) is 12.5 Å². The summed E-state index contributed by atoms with van der Waals surface area (Å²) in [5, 5.41) is 8.78. The normalized spacial score (nSPS) is 21.2. The molecule has 0 aromatic carbocycles. The second-order valence-electron chi connectivity index (χ2n) is 2.58. The van der Waals surface area contributed by atoms with Crippen LogP contribution in [0.15, 0.2) is 12.5 Å². The Morgan fingerprint density at radius 1 is 1.67 bits per heavy atom. The monoisotopic (exact) mass is 173 g/mol. The van der Waals surface area contributed by atoms with Gasteiger partial charge < -0.3 is 20.3 Å². The first kappa shape index (κ1) is 8.86. The van der Waals surface area contributed by atoms with Crippen LogP contribution in [0, 0.1) is 0 Å². The van der Waals surface area contributed by atoms with Crippen molar-refractivity contribution < 1.29 is 19.4 Å². The lowest BCUT2D eigenvalue weighted by Gasteiger charge is -2.27. The van der Waals surface area contributed by atoms with Gasteiger partial charge in [0, 0.05) is 0 Å². The van der Waals surface area contributed by atoms with Crippen molar-refractivity contribution in [2.75, 3.05) is 0 Å². The summed E-state index contributed by atoms with van der Waals surface area (Å²) >= 11 is 0. The van der Waals surface area contributed by atoms with Gasteiger partial charge in [-0.25, -0.2) is 4.79 Å². The van der Waals surface area contributed by atoms with Gasteiger partial charge in [-0.05, 0) is 6.42 Å². The van der Waals surface area contributed by atoms with Crippen LogP contribution in [0.1, 0.15) is 13.3 Å². The van der Waals surface area contributed by atoms with Crippen LogP contribution < -0.4 is 5.73 Å². The summed E-state index contributed by atoms with van der Waals surface area (Å²) in [5.41, 5.74) is 4.09. The van der Waals surface area contributed by atoms with E-state index in [2.05, 4.69) is 0 Å². The topological polar surface area (TPSA) is 81.8 Å². The Morgan fingerprint density at radius 3 is 2.50 bits per heavy atom. The highest BCUT2D eigenvalue weighted by Gasteiger charge is 2.45. The fourth-order valence-electron chi connectivity index (χ4n) is 0.900. The molecule has 5 heteroatoms. The molecule has 68 valence electrons. The molecular formula is C7H11NO4. The van der Waals surface area contributed by atoms with Crippen LogP contribution in [0.3, 0.4) is 0 Å². The third-order valence-corrected chi connectivity index (χ3v) is 1.86. The van der Waals surface area contributed by atoms with Crippen LogP contribution in [0.2, 0.25) is 0 Å². The smallest absolute Gasteiger partial charge is 0.331 e. The number of hydrogen-bond acceptors (Lipinski definition) is 4. The Hall–Kier alpha value is -1.23. The molecule has 0 spiro atoms. The predicted octanol–water partition coefficient (Wildman–Crippen LogP) is 0.0226. The Morgan fingerprint density at radius 2 is 2.17 bits per heavy atom. The fraction of sp³-hybridized carbons (Fsp3) is 0.571. The maximum absolute atomic E-state index is 10.7. The number of rotatable bonds is 3. The van der Waals surface area contributed by atoms with Gasteiger partial charge in [-0.1, -0.05) is 6.92 Å². The molecule has 1 unspecified atom stereocenters. The SMILES string of the molecule is CCC(N)(C(=O)O)C1OC=CO1. The molecule has 0 aromatic heterocycles. The summed E-state index contributed by atoms with van der Waals surface area (Å²) in [7, 11) is 0. The summed E-state index contributed by atoms with van der Waals surface area (Å²) < 4.78 is 9.72. The molecule has 0 radical (unpaired) electrons. The number of aliphatic carboxylic acids is 1. The van der Waals surface area contributed by atoms with Crippen molar-refractivity contribution in [1.82, 2.24) is 0 Å². The maximum Gasteiger partial charge on any atom is 0.331 e. The Bertz CT molecular complexity index is 207. The quantitative estimate of drug-likeness (QED) is 0.628. The molecule has 12 heavy (non-hydrogen) atoms. The molecule has 0 fully saturated rings. The molecule has 3 N–H and O–H groups in total. The molecule has 1 aliphatic heterocycles. The molecule has 1 heterocycles. The van der Waals surface area contributed by atoms with E-state index in [1.165, 1.54) is 12.5 Å². The van der Waals surface area contributed by atoms with E-state index < -0.39 is 17.8 Å². The van der Waals surface area contributed by atoms with Crippen LogP contribution in [0.4, 0.5) is 0 Å². The van der Waals surface area contributed by atoms with E-state index in [9.17, 15) is 4.79 Å². The molecule has 1 atom stereocenters. The lowest BCUT2D eigenvalue weighted by molar-refractivity contribution is -0.160. The minimum Gasteiger partial charge on any atom is -0.480 e. The number of carboxylic acids is 1. The van der Waals surface area contributed by atoms with E-state index in [0.29, 0.717) is 0 Å². The molecule has 0 saturated carbocycles. The van der Waals surface area contributed by atoms with Crippen molar-refractivity contribution in [3.8, 4) is 0 Å². The number of ether oxygens (including phenoxy) is 2. The highest BCUT2D eigenvalue weighted by atomic mass is 16.7. The largest absolute Gasteiger partial charge is 0.480 e. The molecule has 0 bridgehead atoms. The van der Waals surface area contributed by atoms with Crippen LogP contribution in [-0.2, 0) is 14.3 Å². The highest BCUT2D eigenvalue weighted by molar-refractivity contribution is 5.79. The average Bonchev–Trinajstić information content (AvgIpc) is 2.54. The minimum absolute atomic E-state index is 0.245. The van der Waals surface area contributed by atoms with Gasteiger partial charge in [-0.2, -0.15) is 0 Å². The Labute approximate surface area is 69.8 Å². The zero-order chi connectivity index (χ0) is 9.19. The van der Waals surface area contributed by atoms with Crippen molar-refractivity contribution in [2.45, 2.75) is 25.2 Å². The van der Waals surface area contributed by atoms with Crippen molar-refractivity contribution in [1.29, 1.82) is 0 Å². The Kier molecular flexibility index (Phi) is 2.23. The highest BCUT2D eigenvalue weighted by Crippen LogP contribution is 2.21. The van der Waals surface area contributed by atoms with Crippen molar-refractivity contribution in [2.24, 2.45) is 5.73 Å². The van der Waals surface area contributed by atoms with Crippen LogP contribution in [0.25, 0.3) is 0 Å². The molecule has 1 rings (SSSR count). The fourth-order valence-corrected chi connectivity index (χ4v) is 0.900. The predicted molar refractivity (Wildman–Crippen MR) is 39.9 cm³/mol. The van der Waals surface area contributed by atoms with Crippen LogP contribution >= 0.6 is 0 Å². The van der Waals surface area contributed by atoms with Gasteiger partial charge in [0.1, 0.15) is 12.5 Å². The van der Waals surface area contributed by atoms with Gasteiger partial charge in [0.15, 0.2) is 5.54 Å². The van der Waals surface area contributed by atoms with Gasteiger partial charge in [0.25, 0.3) is 6.29 Å².